The van der Waals surface area contributed by atoms with Gasteiger partial charge in [-0.1, -0.05) is 38.1 Å². The number of aryl methyl sites for hydroxylation is 1. The molecule has 1 aromatic carbocycles. The molecule has 0 bridgehead atoms. The van der Waals surface area contributed by atoms with Crippen LogP contribution < -0.4 is 10.3 Å². The lowest BCUT2D eigenvalue weighted by Crippen LogP contribution is -2.22. The van der Waals surface area contributed by atoms with E-state index in [4.69, 9.17) is 9.84 Å². The van der Waals surface area contributed by atoms with Crippen LogP contribution in [0.5, 0.6) is 5.75 Å². The maximum Gasteiger partial charge on any atom is 0.305 e. The minimum atomic E-state index is -0.937. The Balaban J connectivity index is 2.04. The molecule has 0 saturated heterocycles. The lowest BCUT2D eigenvalue weighted by Gasteiger charge is -2.10. The molecule has 1 aromatic heterocycles. The van der Waals surface area contributed by atoms with E-state index in [1.165, 1.54) is 10.1 Å². The highest BCUT2D eigenvalue weighted by molar-refractivity contribution is 5.66. The fourth-order valence-electron chi connectivity index (χ4n) is 2.18. The van der Waals surface area contributed by atoms with Crippen LogP contribution in [0.3, 0.4) is 0 Å². The fourth-order valence-corrected chi connectivity index (χ4v) is 2.18. The smallest absolute Gasteiger partial charge is 0.305 e. The summed E-state index contributed by atoms with van der Waals surface area (Å²) >= 11 is 0. The van der Waals surface area contributed by atoms with Gasteiger partial charge in [-0.2, -0.15) is 0 Å². The van der Waals surface area contributed by atoms with Crippen molar-refractivity contribution in [2.24, 2.45) is 0 Å². The molecule has 0 atom stereocenters. The average Bonchev–Trinajstić information content (AvgIpc) is 2.53. The summed E-state index contributed by atoms with van der Waals surface area (Å²) in [6.45, 7) is 4.70. The van der Waals surface area contributed by atoms with Gasteiger partial charge in [0.15, 0.2) is 5.75 Å². The third-order valence-electron chi connectivity index (χ3n) is 3.59. The summed E-state index contributed by atoms with van der Waals surface area (Å²) < 4.78 is 6.94. The van der Waals surface area contributed by atoms with Gasteiger partial charge in [0.2, 0.25) is 0 Å². The Hall–Kier alpha value is -2.56. The van der Waals surface area contributed by atoms with Crippen LogP contribution in [0.4, 0.5) is 0 Å². The van der Waals surface area contributed by atoms with Crippen LogP contribution in [-0.4, -0.2) is 15.6 Å². The molecule has 122 valence electrons. The van der Waals surface area contributed by atoms with E-state index in [9.17, 15) is 9.59 Å². The van der Waals surface area contributed by atoms with E-state index in [-0.39, 0.29) is 24.3 Å². The number of carboxylic acid groups (broad SMARTS) is 1. The number of rotatable bonds is 7. The normalized spacial score (nSPS) is 10.7. The van der Waals surface area contributed by atoms with Crippen molar-refractivity contribution < 1.29 is 14.6 Å². The van der Waals surface area contributed by atoms with Gasteiger partial charge in [0, 0.05) is 12.7 Å². The van der Waals surface area contributed by atoms with Crippen LogP contribution in [0.25, 0.3) is 0 Å². The molecule has 5 heteroatoms. The summed E-state index contributed by atoms with van der Waals surface area (Å²) in [7, 11) is 0. The van der Waals surface area contributed by atoms with Crippen molar-refractivity contribution in [2.75, 3.05) is 0 Å². The number of aromatic nitrogens is 1. The molecule has 2 rings (SSSR count). The van der Waals surface area contributed by atoms with E-state index in [1.54, 1.807) is 18.3 Å². The Kier molecular flexibility index (Phi) is 5.57. The quantitative estimate of drug-likeness (QED) is 0.852. The maximum atomic E-state index is 12.2. The number of aliphatic carboxylic acids is 1. The molecule has 0 fully saturated rings. The Morgan fingerprint density at radius 2 is 1.91 bits per heavy atom. The standard InChI is InChI=1S/C18H21NO4/c1-13(2)15-7-5-14(6-8-15)12-23-16-4-3-10-19(18(16)22)11-9-17(20)21/h3-8,10,13H,9,11-12H2,1-2H3,(H,20,21). The van der Waals surface area contributed by atoms with Crippen LogP contribution in [0, 0.1) is 0 Å². The zero-order valence-corrected chi connectivity index (χ0v) is 13.4. The Labute approximate surface area is 135 Å². The molecule has 0 saturated carbocycles. The van der Waals surface area contributed by atoms with Crippen molar-refractivity contribution in [1.29, 1.82) is 0 Å². The van der Waals surface area contributed by atoms with Crippen molar-refractivity contribution in [3.63, 3.8) is 0 Å². The second-order valence-corrected chi connectivity index (χ2v) is 5.70. The zero-order chi connectivity index (χ0) is 16.8. The van der Waals surface area contributed by atoms with E-state index < -0.39 is 5.97 Å². The van der Waals surface area contributed by atoms with Crippen molar-refractivity contribution >= 4 is 5.97 Å². The van der Waals surface area contributed by atoms with Crippen LogP contribution >= 0.6 is 0 Å². The molecule has 0 amide bonds. The molecule has 0 spiro atoms. The number of carbonyl (C=O) groups is 1. The fraction of sp³-hybridized carbons (Fsp3) is 0.333. The summed E-state index contributed by atoms with van der Waals surface area (Å²) in [6, 6.07) is 11.4. The number of ether oxygens (including phenoxy) is 1. The molecule has 1 heterocycles. The molecule has 5 nitrogen and oxygen atoms in total. The molecule has 0 unspecified atom stereocenters. The third kappa shape index (κ3) is 4.71. The first-order valence-electron chi connectivity index (χ1n) is 7.60. The molecule has 0 aliphatic carbocycles. The van der Waals surface area contributed by atoms with Gasteiger partial charge in [-0.05, 0) is 29.2 Å². The first-order valence-corrected chi connectivity index (χ1v) is 7.60. The number of pyridine rings is 1. The summed E-state index contributed by atoms with van der Waals surface area (Å²) in [5.41, 5.74) is 1.92. The summed E-state index contributed by atoms with van der Waals surface area (Å²) in [5.74, 6) is -0.236. The largest absolute Gasteiger partial charge is 0.483 e. The van der Waals surface area contributed by atoms with E-state index >= 15 is 0 Å². The number of carboxylic acids is 1. The van der Waals surface area contributed by atoms with Gasteiger partial charge in [0.25, 0.3) is 5.56 Å². The van der Waals surface area contributed by atoms with Crippen molar-refractivity contribution in [3.05, 3.63) is 64.1 Å². The number of hydrogen-bond donors (Lipinski definition) is 1. The van der Waals surface area contributed by atoms with Crippen LogP contribution in [-0.2, 0) is 17.9 Å². The van der Waals surface area contributed by atoms with Gasteiger partial charge in [0.05, 0.1) is 6.42 Å². The van der Waals surface area contributed by atoms with E-state index in [1.807, 2.05) is 12.1 Å². The second kappa shape index (κ2) is 7.63. The molecule has 0 aliphatic heterocycles. The lowest BCUT2D eigenvalue weighted by atomic mass is 10.0. The Morgan fingerprint density at radius 1 is 1.22 bits per heavy atom. The topological polar surface area (TPSA) is 68.5 Å². The molecular formula is C18H21NO4. The molecule has 0 aliphatic rings. The highest BCUT2D eigenvalue weighted by Crippen LogP contribution is 2.15. The van der Waals surface area contributed by atoms with E-state index in [0.717, 1.165) is 5.56 Å². The van der Waals surface area contributed by atoms with Gasteiger partial charge < -0.3 is 14.4 Å². The summed E-state index contributed by atoms with van der Waals surface area (Å²) in [4.78, 5) is 22.8. The van der Waals surface area contributed by atoms with Gasteiger partial charge in [0.1, 0.15) is 6.61 Å². The van der Waals surface area contributed by atoms with Gasteiger partial charge in [-0.25, -0.2) is 0 Å². The Bertz CT molecular complexity index is 717. The van der Waals surface area contributed by atoms with Crippen molar-refractivity contribution in [2.45, 2.75) is 39.3 Å². The predicted molar refractivity (Wildman–Crippen MR) is 87.8 cm³/mol. The average molecular weight is 315 g/mol. The highest BCUT2D eigenvalue weighted by Gasteiger charge is 2.07. The summed E-state index contributed by atoms with van der Waals surface area (Å²) in [6.07, 6.45) is 1.47. The van der Waals surface area contributed by atoms with E-state index in [0.29, 0.717) is 12.5 Å². The number of hydrogen-bond acceptors (Lipinski definition) is 3. The zero-order valence-electron chi connectivity index (χ0n) is 13.4. The minimum absolute atomic E-state index is 0.0972. The van der Waals surface area contributed by atoms with Crippen LogP contribution in [0.2, 0.25) is 0 Å². The predicted octanol–water partition coefficient (Wildman–Crippen LogP) is 3.03. The first kappa shape index (κ1) is 16.8. The minimum Gasteiger partial charge on any atom is -0.483 e. The molecule has 2 aromatic rings. The number of nitrogens with zero attached hydrogens (tertiary/aromatic N) is 1. The van der Waals surface area contributed by atoms with Gasteiger partial charge in [-0.15, -0.1) is 0 Å². The molecule has 23 heavy (non-hydrogen) atoms. The van der Waals surface area contributed by atoms with Crippen LogP contribution in [0.1, 0.15) is 37.3 Å². The lowest BCUT2D eigenvalue weighted by molar-refractivity contribution is -0.137. The number of benzene rings is 1. The van der Waals surface area contributed by atoms with Crippen LogP contribution in [0.15, 0.2) is 47.4 Å². The summed E-state index contributed by atoms with van der Waals surface area (Å²) in [5, 5.41) is 8.70. The van der Waals surface area contributed by atoms with Gasteiger partial charge in [-0.3, -0.25) is 9.59 Å². The highest BCUT2D eigenvalue weighted by atomic mass is 16.5. The molecule has 0 radical (unpaired) electrons. The first-order chi connectivity index (χ1) is 11.0. The second-order valence-electron chi connectivity index (χ2n) is 5.70. The van der Waals surface area contributed by atoms with E-state index in [2.05, 4.69) is 26.0 Å². The Morgan fingerprint density at radius 3 is 2.52 bits per heavy atom. The maximum absolute atomic E-state index is 12.2. The third-order valence-corrected chi connectivity index (χ3v) is 3.59. The molecule has 1 N–H and O–H groups in total. The van der Waals surface area contributed by atoms with Crippen molar-refractivity contribution in [3.8, 4) is 5.75 Å². The SMILES string of the molecule is CC(C)c1ccc(COc2cccn(CCC(=O)O)c2=O)cc1. The van der Waals surface area contributed by atoms with Crippen molar-refractivity contribution in [1.82, 2.24) is 4.57 Å². The monoisotopic (exact) mass is 315 g/mol. The van der Waals surface area contributed by atoms with Gasteiger partial charge >= 0.3 is 5.97 Å². The molecular weight excluding hydrogens is 294 g/mol.